The summed E-state index contributed by atoms with van der Waals surface area (Å²) in [7, 11) is 0. The Hall–Kier alpha value is -3.08. The average Bonchev–Trinajstić information content (AvgIpc) is 2.55. The van der Waals surface area contributed by atoms with E-state index in [4.69, 9.17) is 5.73 Å². The first-order chi connectivity index (χ1) is 11.9. The third-order valence-electron chi connectivity index (χ3n) is 4.14. The van der Waals surface area contributed by atoms with Crippen molar-refractivity contribution in [3.8, 4) is 0 Å². The van der Waals surface area contributed by atoms with E-state index < -0.39 is 28.8 Å². The minimum Gasteiger partial charge on any atom is -0.368 e. The Morgan fingerprint density at radius 2 is 1.00 bits per heavy atom. The van der Waals surface area contributed by atoms with Gasteiger partial charge in [0.1, 0.15) is 22.9 Å². The fraction of sp³-hybridized carbons (Fsp3) is 0.0500. The lowest BCUT2D eigenvalue weighted by Crippen LogP contribution is -2.43. The normalized spacial score (nSPS) is 11.3. The van der Waals surface area contributed by atoms with Gasteiger partial charge in [-0.1, -0.05) is 36.4 Å². The summed E-state index contributed by atoms with van der Waals surface area (Å²) in [5.74, 6) is -2.63. The molecule has 0 unspecified atom stereocenters. The van der Waals surface area contributed by atoms with Crippen LogP contribution in [0.4, 0.5) is 13.2 Å². The number of carbonyl (C=O) groups is 1. The van der Waals surface area contributed by atoms with E-state index in [1.165, 1.54) is 54.6 Å². The highest BCUT2D eigenvalue weighted by Crippen LogP contribution is 2.39. The highest BCUT2D eigenvalue weighted by Gasteiger charge is 2.43. The number of amides is 1. The van der Waals surface area contributed by atoms with Gasteiger partial charge >= 0.3 is 0 Å². The molecule has 0 atom stereocenters. The second-order valence-corrected chi connectivity index (χ2v) is 5.65. The number of nitrogens with two attached hydrogens (primary N) is 1. The van der Waals surface area contributed by atoms with E-state index in [0.29, 0.717) is 0 Å². The quantitative estimate of drug-likeness (QED) is 0.718. The summed E-state index contributed by atoms with van der Waals surface area (Å²) < 4.78 is 41.6. The Bertz CT molecular complexity index is 829. The SMILES string of the molecule is NC(=O)C(c1cccc(F)c1)(c1cccc(F)c1)c1cccc(F)c1. The van der Waals surface area contributed by atoms with Crippen molar-refractivity contribution in [2.45, 2.75) is 5.41 Å². The Kier molecular flexibility index (Phi) is 4.31. The molecule has 0 radical (unpaired) electrons. The molecule has 0 fully saturated rings. The van der Waals surface area contributed by atoms with Gasteiger partial charge in [-0.05, 0) is 53.1 Å². The fourth-order valence-electron chi connectivity index (χ4n) is 3.09. The summed E-state index contributed by atoms with van der Waals surface area (Å²) in [5.41, 5.74) is 4.55. The standard InChI is InChI=1S/C20H14F3NO/c21-16-7-1-4-13(10-16)20(19(24)25,14-5-2-8-17(22)11-14)15-6-3-9-18(23)12-15/h1-12H,(H2,24,25). The van der Waals surface area contributed by atoms with Crippen LogP contribution >= 0.6 is 0 Å². The first-order valence-corrected chi connectivity index (χ1v) is 7.52. The maximum Gasteiger partial charge on any atom is 0.237 e. The Labute approximate surface area is 142 Å². The predicted molar refractivity (Wildman–Crippen MR) is 88.3 cm³/mol. The van der Waals surface area contributed by atoms with Crippen LogP contribution < -0.4 is 5.73 Å². The molecule has 0 saturated carbocycles. The van der Waals surface area contributed by atoms with Crippen LogP contribution in [0.1, 0.15) is 16.7 Å². The zero-order valence-corrected chi connectivity index (χ0v) is 13.0. The third kappa shape index (κ3) is 2.89. The Morgan fingerprint density at radius 3 is 1.24 bits per heavy atom. The lowest BCUT2D eigenvalue weighted by Gasteiger charge is -2.32. The van der Waals surface area contributed by atoms with E-state index in [1.54, 1.807) is 0 Å². The first-order valence-electron chi connectivity index (χ1n) is 7.52. The monoisotopic (exact) mass is 341 g/mol. The van der Waals surface area contributed by atoms with Gasteiger partial charge in [0.15, 0.2) is 0 Å². The van der Waals surface area contributed by atoms with Gasteiger partial charge in [0.25, 0.3) is 0 Å². The smallest absolute Gasteiger partial charge is 0.237 e. The molecular formula is C20H14F3NO. The number of hydrogen-bond acceptors (Lipinski definition) is 1. The van der Waals surface area contributed by atoms with Crippen molar-refractivity contribution in [1.29, 1.82) is 0 Å². The summed E-state index contributed by atoms with van der Waals surface area (Å²) in [6, 6.07) is 15.8. The molecule has 25 heavy (non-hydrogen) atoms. The van der Waals surface area contributed by atoms with Crippen LogP contribution in [-0.4, -0.2) is 5.91 Å². The molecule has 2 nitrogen and oxygen atoms in total. The van der Waals surface area contributed by atoms with E-state index in [-0.39, 0.29) is 16.7 Å². The number of primary amides is 1. The molecule has 0 heterocycles. The lowest BCUT2D eigenvalue weighted by atomic mass is 9.69. The van der Waals surface area contributed by atoms with Gasteiger partial charge in [-0.15, -0.1) is 0 Å². The molecule has 2 N–H and O–H groups in total. The molecule has 126 valence electrons. The molecule has 0 saturated heterocycles. The van der Waals surface area contributed by atoms with Crippen molar-refractivity contribution in [2.24, 2.45) is 5.73 Å². The van der Waals surface area contributed by atoms with Gasteiger partial charge in [0.2, 0.25) is 5.91 Å². The Morgan fingerprint density at radius 1 is 0.680 bits per heavy atom. The van der Waals surface area contributed by atoms with Crippen LogP contribution in [0.3, 0.4) is 0 Å². The van der Waals surface area contributed by atoms with Gasteiger partial charge in [0.05, 0.1) is 0 Å². The summed E-state index contributed by atoms with van der Waals surface area (Å²) in [5, 5.41) is 0. The van der Waals surface area contributed by atoms with Crippen molar-refractivity contribution >= 4 is 5.91 Å². The summed E-state index contributed by atoms with van der Waals surface area (Å²) >= 11 is 0. The molecule has 0 aliphatic carbocycles. The highest BCUT2D eigenvalue weighted by atomic mass is 19.1. The highest BCUT2D eigenvalue weighted by molar-refractivity contribution is 5.95. The number of halogens is 3. The van der Waals surface area contributed by atoms with E-state index in [1.807, 2.05) is 0 Å². The van der Waals surface area contributed by atoms with Crippen molar-refractivity contribution in [3.63, 3.8) is 0 Å². The minimum atomic E-state index is -1.73. The van der Waals surface area contributed by atoms with Crippen molar-refractivity contribution in [3.05, 3.63) is 107 Å². The van der Waals surface area contributed by atoms with Crippen LogP contribution in [-0.2, 0) is 10.2 Å². The van der Waals surface area contributed by atoms with Crippen LogP contribution in [0.2, 0.25) is 0 Å². The van der Waals surface area contributed by atoms with Crippen LogP contribution in [0.5, 0.6) is 0 Å². The summed E-state index contributed by atoms with van der Waals surface area (Å²) in [6.07, 6.45) is 0. The molecule has 0 aliphatic rings. The molecule has 0 aliphatic heterocycles. The fourth-order valence-corrected chi connectivity index (χ4v) is 3.09. The topological polar surface area (TPSA) is 43.1 Å². The van der Waals surface area contributed by atoms with Crippen molar-refractivity contribution in [2.75, 3.05) is 0 Å². The molecule has 3 rings (SSSR count). The van der Waals surface area contributed by atoms with Gasteiger partial charge in [-0.25, -0.2) is 13.2 Å². The van der Waals surface area contributed by atoms with E-state index in [0.717, 1.165) is 18.2 Å². The lowest BCUT2D eigenvalue weighted by molar-refractivity contribution is -0.120. The van der Waals surface area contributed by atoms with Gasteiger partial charge in [-0.2, -0.15) is 0 Å². The van der Waals surface area contributed by atoms with Gasteiger partial charge < -0.3 is 5.73 Å². The molecule has 1 amide bonds. The number of rotatable bonds is 4. The average molecular weight is 341 g/mol. The summed E-state index contributed by atoms with van der Waals surface area (Å²) in [4.78, 5) is 12.6. The van der Waals surface area contributed by atoms with Gasteiger partial charge in [-0.3, -0.25) is 4.79 Å². The molecular weight excluding hydrogens is 327 g/mol. The number of carbonyl (C=O) groups excluding carboxylic acids is 1. The molecule has 0 bridgehead atoms. The van der Waals surface area contributed by atoms with Crippen molar-refractivity contribution in [1.82, 2.24) is 0 Å². The molecule has 0 aromatic heterocycles. The Balaban J connectivity index is 2.43. The second-order valence-electron chi connectivity index (χ2n) is 5.65. The van der Waals surface area contributed by atoms with E-state index in [9.17, 15) is 18.0 Å². The number of hydrogen-bond donors (Lipinski definition) is 1. The minimum absolute atomic E-state index is 0.191. The maximum absolute atomic E-state index is 13.9. The molecule has 3 aromatic rings. The van der Waals surface area contributed by atoms with E-state index in [2.05, 4.69) is 0 Å². The zero-order chi connectivity index (χ0) is 18.0. The molecule has 5 heteroatoms. The molecule has 0 spiro atoms. The zero-order valence-electron chi connectivity index (χ0n) is 13.0. The largest absolute Gasteiger partial charge is 0.368 e. The predicted octanol–water partition coefficient (Wildman–Crippen LogP) is 3.92. The van der Waals surface area contributed by atoms with Crippen LogP contribution in [0.25, 0.3) is 0 Å². The third-order valence-corrected chi connectivity index (χ3v) is 4.14. The molecule has 3 aromatic carbocycles. The van der Waals surface area contributed by atoms with Crippen molar-refractivity contribution < 1.29 is 18.0 Å². The van der Waals surface area contributed by atoms with Crippen LogP contribution in [0.15, 0.2) is 72.8 Å². The van der Waals surface area contributed by atoms with Gasteiger partial charge in [0, 0.05) is 0 Å². The van der Waals surface area contributed by atoms with E-state index >= 15 is 0 Å². The second kappa shape index (κ2) is 6.43. The maximum atomic E-state index is 13.9. The summed E-state index contributed by atoms with van der Waals surface area (Å²) in [6.45, 7) is 0. The number of benzene rings is 3. The first kappa shape index (κ1) is 16.8. The van der Waals surface area contributed by atoms with Crippen LogP contribution in [0, 0.1) is 17.5 Å².